The van der Waals surface area contributed by atoms with Crippen molar-refractivity contribution in [1.82, 2.24) is 10.0 Å². The van der Waals surface area contributed by atoms with Crippen LogP contribution in [0.2, 0.25) is 0 Å². The van der Waals surface area contributed by atoms with Crippen LogP contribution in [0.15, 0.2) is 0 Å². The molecule has 1 rings (SSSR count). The topological polar surface area (TPSA) is 58.2 Å². The zero-order valence-corrected chi connectivity index (χ0v) is 11.4. The normalized spacial score (nSPS) is 19.9. The van der Waals surface area contributed by atoms with Crippen LogP contribution in [0.1, 0.15) is 40.0 Å². The summed E-state index contributed by atoms with van der Waals surface area (Å²) in [5, 5.41) is 2.97. The van der Waals surface area contributed by atoms with Gasteiger partial charge in [0.05, 0.1) is 5.25 Å². The van der Waals surface area contributed by atoms with Gasteiger partial charge in [0.25, 0.3) is 0 Å². The van der Waals surface area contributed by atoms with Gasteiger partial charge in [-0.05, 0) is 37.8 Å². The van der Waals surface area contributed by atoms with Crippen LogP contribution in [0.3, 0.4) is 0 Å². The molecule has 0 aliphatic carbocycles. The lowest BCUT2D eigenvalue weighted by molar-refractivity contribution is 0.377. The van der Waals surface area contributed by atoms with E-state index in [-0.39, 0.29) is 10.7 Å². The summed E-state index contributed by atoms with van der Waals surface area (Å²) in [5.41, 5.74) is 0.177. The van der Waals surface area contributed by atoms with E-state index in [0.717, 1.165) is 32.4 Å². The number of hydrogen-bond donors (Lipinski definition) is 2. The molecule has 0 amide bonds. The molecule has 1 aliphatic rings. The van der Waals surface area contributed by atoms with Gasteiger partial charge in [0.15, 0.2) is 0 Å². The fourth-order valence-corrected chi connectivity index (χ4v) is 3.27. The third kappa shape index (κ3) is 4.80. The Kier molecular flexibility index (Phi) is 4.76. The number of rotatable bonds is 4. The van der Waals surface area contributed by atoms with E-state index in [9.17, 15) is 8.42 Å². The molecule has 1 aliphatic heterocycles. The van der Waals surface area contributed by atoms with Crippen molar-refractivity contribution in [2.24, 2.45) is 5.41 Å². The summed E-state index contributed by atoms with van der Waals surface area (Å²) in [5.74, 6) is 0. The number of nitrogens with one attached hydrogen (secondary N) is 2. The Morgan fingerprint density at radius 2 is 1.81 bits per heavy atom. The molecule has 0 radical (unpaired) electrons. The van der Waals surface area contributed by atoms with Crippen molar-refractivity contribution in [1.29, 1.82) is 0 Å². The molecular formula is C11H24N2O2S. The van der Waals surface area contributed by atoms with Gasteiger partial charge < -0.3 is 5.32 Å². The monoisotopic (exact) mass is 248 g/mol. The minimum absolute atomic E-state index is 0.177. The Morgan fingerprint density at radius 3 is 2.31 bits per heavy atom. The van der Waals surface area contributed by atoms with Gasteiger partial charge in [0, 0.05) is 6.54 Å². The molecule has 16 heavy (non-hydrogen) atoms. The van der Waals surface area contributed by atoms with Gasteiger partial charge in [-0.25, -0.2) is 13.1 Å². The first-order chi connectivity index (χ1) is 7.31. The Labute approximate surface area is 99.2 Å². The van der Waals surface area contributed by atoms with Gasteiger partial charge in [-0.15, -0.1) is 0 Å². The second-order valence-electron chi connectivity index (χ2n) is 5.70. The molecule has 0 unspecified atom stereocenters. The quantitative estimate of drug-likeness (QED) is 0.783. The molecule has 1 heterocycles. The molecule has 96 valence electrons. The molecule has 4 nitrogen and oxygen atoms in total. The predicted octanol–water partition coefficient (Wildman–Crippen LogP) is 1.09. The summed E-state index contributed by atoms with van der Waals surface area (Å²) in [7, 11) is -3.10. The van der Waals surface area contributed by atoms with Crippen molar-refractivity contribution in [3.63, 3.8) is 0 Å². The highest BCUT2D eigenvalue weighted by molar-refractivity contribution is 7.90. The van der Waals surface area contributed by atoms with Gasteiger partial charge in [-0.3, -0.25) is 0 Å². The van der Waals surface area contributed by atoms with Crippen LogP contribution in [0, 0.1) is 5.41 Å². The summed E-state index contributed by atoms with van der Waals surface area (Å²) >= 11 is 0. The van der Waals surface area contributed by atoms with Crippen LogP contribution in [0.5, 0.6) is 0 Å². The van der Waals surface area contributed by atoms with E-state index in [1.54, 1.807) is 0 Å². The molecule has 1 saturated heterocycles. The SMILES string of the molecule is CC(C)(C)CCNS(=O)(=O)C1CCNCC1. The fourth-order valence-electron chi connectivity index (χ4n) is 1.79. The molecule has 2 N–H and O–H groups in total. The van der Waals surface area contributed by atoms with E-state index >= 15 is 0 Å². The molecule has 0 spiro atoms. The van der Waals surface area contributed by atoms with Gasteiger partial charge in [-0.1, -0.05) is 20.8 Å². The van der Waals surface area contributed by atoms with Gasteiger partial charge in [-0.2, -0.15) is 0 Å². The Morgan fingerprint density at radius 1 is 1.25 bits per heavy atom. The first-order valence-electron chi connectivity index (χ1n) is 6.00. The third-order valence-electron chi connectivity index (χ3n) is 2.90. The smallest absolute Gasteiger partial charge is 0.214 e. The summed E-state index contributed by atoms with van der Waals surface area (Å²) in [6.45, 7) is 8.52. The maximum absolute atomic E-state index is 11.9. The van der Waals surface area contributed by atoms with E-state index in [1.165, 1.54) is 0 Å². The van der Waals surface area contributed by atoms with Crippen molar-refractivity contribution in [3.05, 3.63) is 0 Å². The van der Waals surface area contributed by atoms with Gasteiger partial charge in [0.1, 0.15) is 0 Å². The average molecular weight is 248 g/mol. The maximum atomic E-state index is 11.9. The molecule has 1 fully saturated rings. The van der Waals surface area contributed by atoms with E-state index in [1.807, 2.05) is 0 Å². The highest BCUT2D eigenvalue weighted by atomic mass is 32.2. The van der Waals surface area contributed by atoms with Crippen LogP contribution in [-0.2, 0) is 10.0 Å². The van der Waals surface area contributed by atoms with Crippen LogP contribution >= 0.6 is 0 Å². The second-order valence-corrected chi connectivity index (χ2v) is 7.74. The lowest BCUT2D eigenvalue weighted by Gasteiger charge is -2.24. The zero-order chi connectivity index (χ0) is 12.2. The standard InChI is InChI=1S/C11H24N2O2S/c1-11(2,3)6-9-13-16(14,15)10-4-7-12-8-5-10/h10,12-13H,4-9H2,1-3H3. The molecule has 0 bridgehead atoms. The predicted molar refractivity (Wildman–Crippen MR) is 66.9 cm³/mol. The molecule has 5 heteroatoms. The minimum Gasteiger partial charge on any atom is -0.317 e. The lowest BCUT2D eigenvalue weighted by Crippen LogP contribution is -2.42. The van der Waals surface area contributed by atoms with Crippen molar-refractivity contribution < 1.29 is 8.42 Å². The number of piperidine rings is 1. The maximum Gasteiger partial charge on any atom is 0.214 e. The molecule has 0 saturated carbocycles. The third-order valence-corrected chi connectivity index (χ3v) is 4.86. The van der Waals surface area contributed by atoms with Crippen molar-refractivity contribution in [3.8, 4) is 0 Å². The van der Waals surface area contributed by atoms with E-state index in [0.29, 0.717) is 6.54 Å². The highest BCUT2D eigenvalue weighted by Gasteiger charge is 2.26. The van der Waals surface area contributed by atoms with Gasteiger partial charge >= 0.3 is 0 Å². The van der Waals surface area contributed by atoms with E-state index in [2.05, 4.69) is 30.8 Å². The first-order valence-corrected chi connectivity index (χ1v) is 7.55. The van der Waals surface area contributed by atoms with E-state index in [4.69, 9.17) is 0 Å². The highest BCUT2D eigenvalue weighted by Crippen LogP contribution is 2.18. The Hall–Kier alpha value is -0.130. The minimum atomic E-state index is -3.10. The molecule has 0 atom stereocenters. The van der Waals surface area contributed by atoms with Crippen LogP contribution < -0.4 is 10.0 Å². The summed E-state index contributed by atoms with van der Waals surface area (Å²) in [6, 6.07) is 0. The van der Waals surface area contributed by atoms with Crippen LogP contribution in [0.25, 0.3) is 0 Å². The zero-order valence-electron chi connectivity index (χ0n) is 10.5. The molecule has 0 aromatic rings. The average Bonchev–Trinajstić information content (AvgIpc) is 2.17. The Balaban J connectivity index is 2.39. The summed E-state index contributed by atoms with van der Waals surface area (Å²) in [6.07, 6.45) is 2.33. The van der Waals surface area contributed by atoms with Crippen molar-refractivity contribution in [2.45, 2.75) is 45.3 Å². The largest absolute Gasteiger partial charge is 0.317 e. The van der Waals surface area contributed by atoms with Crippen molar-refractivity contribution in [2.75, 3.05) is 19.6 Å². The lowest BCUT2D eigenvalue weighted by atomic mass is 9.93. The van der Waals surface area contributed by atoms with E-state index < -0.39 is 10.0 Å². The molecule has 0 aromatic heterocycles. The second kappa shape index (κ2) is 5.47. The van der Waals surface area contributed by atoms with Crippen molar-refractivity contribution >= 4 is 10.0 Å². The van der Waals surface area contributed by atoms with Crippen LogP contribution in [0.4, 0.5) is 0 Å². The number of hydrogen-bond acceptors (Lipinski definition) is 3. The summed E-state index contributed by atoms with van der Waals surface area (Å²) in [4.78, 5) is 0. The fraction of sp³-hybridized carbons (Fsp3) is 1.00. The summed E-state index contributed by atoms with van der Waals surface area (Å²) < 4.78 is 26.6. The van der Waals surface area contributed by atoms with Crippen LogP contribution in [-0.4, -0.2) is 33.3 Å². The van der Waals surface area contributed by atoms with Gasteiger partial charge in [0.2, 0.25) is 10.0 Å². The molecule has 0 aromatic carbocycles. The Bertz CT molecular complexity index is 300. The molecular weight excluding hydrogens is 224 g/mol. The number of sulfonamides is 1. The first kappa shape index (κ1) is 13.9.